The molecule has 0 saturated carbocycles. The number of rotatable bonds is 3. The molecule has 0 unspecified atom stereocenters. The minimum Gasteiger partial charge on any atom is -0.379 e. The number of benzene rings is 1. The average Bonchev–Trinajstić information content (AvgIpc) is 2.81. The summed E-state index contributed by atoms with van der Waals surface area (Å²) in [6.07, 6.45) is 1.82. The molecule has 0 amide bonds. The Hall–Kier alpha value is -2.26. The van der Waals surface area contributed by atoms with Crippen LogP contribution in [-0.2, 0) is 14.6 Å². The number of ether oxygens (including phenoxy) is 1. The molecule has 7 nitrogen and oxygen atoms in total. The molecule has 2 aromatic rings. The van der Waals surface area contributed by atoms with Gasteiger partial charge in [0.1, 0.15) is 11.6 Å². The number of aromatic nitrogens is 2. The third kappa shape index (κ3) is 4.03. The van der Waals surface area contributed by atoms with Gasteiger partial charge in [-0.1, -0.05) is 6.07 Å². The Morgan fingerprint density at radius 3 is 2.70 bits per heavy atom. The summed E-state index contributed by atoms with van der Waals surface area (Å²) in [7, 11) is -3.51. The lowest BCUT2D eigenvalue weighted by Crippen LogP contribution is -2.32. The Labute approximate surface area is 158 Å². The molecule has 1 aromatic heterocycles. The summed E-state index contributed by atoms with van der Waals surface area (Å²) in [6, 6.07) is 4.31. The van der Waals surface area contributed by atoms with Crippen LogP contribution < -0.4 is 10.6 Å². The molecule has 1 fully saturated rings. The largest absolute Gasteiger partial charge is 0.379 e. The van der Waals surface area contributed by atoms with Crippen LogP contribution in [0.3, 0.4) is 0 Å². The molecule has 27 heavy (non-hydrogen) atoms. The van der Waals surface area contributed by atoms with E-state index in [2.05, 4.69) is 9.97 Å². The van der Waals surface area contributed by atoms with E-state index in [1.807, 2.05) is 11.8 Å². The minimum atomic E-state index is -3.51. The van der Waals surface area contributed by atoms with Crippen LogP contribution in [0.15, 0.2) is 23.1 Å². The number of nitrogens with two attached hydrogens (primary N) is 1. The van der Waals surface area contributed by atoms with Crippen molar-refractivity contribution in [1.29, 1.82) is 0 Å². The van der Waals surface area contributed by atoms with Crippen molar-refractivity contribution in [3.63, 3.8) is 0 Å². The van der Waals surface area contributed by atoms with E-state index in [1.54, 1.807) is 6.07 Å². The third-order valence-electron chi connectivity index (χ3n) is 4.62. The third-order valence-corrected chi connectivity index (χ3v) is 5.86. The van der Waals surface area contributed by atoms with Crippen molar-refractivity contribution < 1.29 is 17.5 Å². The summed E-state index contributed by atoms with van der Waals surface area (Å²) >= 11 is 0. The Kier molecular flexibility index (Phi) is 5.34. The zero-order valence-electron chi connectivity index (χ0n) is 15.6. The van der Waals surface area contributed by atoms with Gasteiger partial charge in [0, 0.05) is 42.3 Å². The molecular formula is C18H23FN4O3S. The molecule has 0 aliphatic carbocycles. The lowest BCUT2D eigenvalue weighted by molar-refractivity contribution is 0.133. The van der Waals surface area contributed by atoms with Gasteiger partial charge in [-0.25, -0.2) is 17.8 Å². The van der Waals surface area contributed by atoms with Gasteiger partial charge in [0.05, 0.1) is 17.5 Å². The highest BCUT2D eigenvalue weighted by Gasteiger charge is 2.29. The van der Waals surface area contributed by atoms with Crippen LogP contribution in [0.5, 0.6) is 0 Å². The maximum Gasteiger partial charge on any atom is 0.222 e. The number of hydrogen-bond donors (Lipinski definition) is 1. The van der Waals surface area contributed by atoms with Gasteiger partial charge >= 0.3 is 0 Å². The van der Waals surface area contributed by atoms with Gasteiger partial charge in [-0.3, -0.25) is 0 Å². The van der Waals surface area contributed by atoms with Crippen LogP contribution in [0.1, 0.15) is 29.3 Å². The highest BCUT2D eigenvalue weighted by molar-refractivity contribution is 7.90. The second kappa shape index (κ2) is 7.40. The van der Waals surface area contributed by atoms with Gasteiger partial charge in [0.15, 0.2) is 9.84 Å². The molecule has 2 N–H and O–H groups in total. The summed E-state index contributed by atoms with van der Waals surface area (Å²) < 4.78 is 44.6. The van der Waals surface area contributed by atoms with Crippen LogP contribution in [0.25, 0.3) is 0 Å². The first-order chi connectivity index (χ1) is 12.7. The molecule has 0 bridgehead atoms. The summed E-state index contributed by atoms with van der Waals surface area (Å²) in [4.78, 5) is 10.3. The summed E-state index contributed by atoms with van der Waals surface area (Å²) in [6.45, 7) is 4.71. The van der Waals surface area contributed by atoms with Gasteiger partial charge in [0.25, 0.3) is 0 Å². The monoisotopic (exact) mass is 394 g/mol. The van der Waals surface area contributed by atoms with Gasteiger partial charge in [-0.05, 0) is 26.3 Å². The second-order valence-corrected chi connectivity index (χ2v) is 8.71. The van der Waals surface area contributed by atoms with E-state index < -0.39 is 21.7 Å². The normalized spacial score (nSPS) is 18.4. The summed E-state index contributed by atoms with van der Waals surface area (Å²) in [5.74, 6) is 0.204. The van der Waals surface area contributed by atoms with Crippen LogP contribution in [0.4, 0.5) is 16.2 Å². The van der Waals surface area contributed by atoms with E-state index >= 15 is 4.39 Å². The van der Waals surface area contributed by atoms with Gasteiger partial charge in [-0.15, -0.1) is 0 Å². The van der Waals surface area contributed by atoms with Crippen LogP contribution >= 0.6 is 0 Å². The van der Waals surface area contributed by atoms with E-state index in [1.165, 1.54) is 19.1 Å². The highest BCUT2D eigenvalue weighted by Crippen LogP contribution is 2.33. The Balaban J connectivity index is 2.10. The van der Waals surface area contributed by atoms with Crippen LogP contribution in [0.2, 0.25) is 0 Å². The standard InChI is InChI=1S/C18H23FN4O3S/c1-11-9-16(22-18(20)21-11)23-7-4-8-26-10-14(23)13-5-6-15(27(3,24)25)12(2)17(13)19/h5-6,9,14H,4,7-8,10H2,1-3H3,(H2,20,21,22)/t14-/m0/s1. The van der Waals surface area contributed by atoms with Crippen molar-refractivity contribution in [3.8, 4) is 0 Å². The molecule has 1 aromatic carbocycles. The maximum atomic E-state index is 15.2. The fourth-order valence-corrected chi connectivity index (χ4v) is 4.34. The van der Waals surface area contributed by atoms with Gasteiger partial charge < -0.3 is 15.4 Å². The van der Waals surface area contributed by atoms with E-state index in [0.29, 0.717) is 30.2 Å². The quantitative estimate of drug-likeness (QED) is 0.852. The molecule has 0 radical (unpaired) electrons. The van der Waals surface area contributed by atoms with E-state index in [9.17, 15) is 8.42 Å². The van der Waals surface area contributed by atoms with Crippen LogP contribution in [-0.4, -0.2) is 44.4 Å². The Morgan fingerprint density at radius 2 is 2.04 bits per heavy atom. The molecule has 1 atom stereocenters. The molecule has 0 spiro atoms. The smallest absolute Gasteiger partial charge is 0.222 e. The van der Waals surface area contributed by atoms with Gasteiger partial charge in [-0.2, -0.15) is 4.98 Å². The predicted octanol–water partition coefficient (Wildman–Crippen LogP) is 2.19. The number of nitrogens with zero attached hydrogens (tertiary/aromatic N) is 3. The molecule has 1 aliphatic heterocycles. The SMILES string of the molecule is Cc1cc(N2CCCOC[C@H]2c2ccc(S(C)(=O)=O)c(C)c2F)nc(N)n1. The van der Waals surface area contributed by atoms with E-state index in [-0.39, 0.29) is 23.0 Å². The highest BCUT2D eigenvalue weighted by atomic mass is 32.2. The zero-order chi connectivity index (χ0) is 19.8. The van der Waals surface area contributed by atoms with Crippen LogP contribution in [0, 0.1) is 19.7 Å². The van der Waals surface area contributed by atoms with Crippen molar-refractivity contribution in [2.75, 3.05) is 36.6 Å². The molecule has 146 valence electrons. The Morgan fingerprint density at radius 1 is 1.30 bits per heavy atom. The lowest BCUT2D eigenvalue weighted by Gasteiger charge is -2.31. The van der Waals surface area contributed by atoms with E-state index in [0.717, 1.165) is 12.7 Å². The fraction of sp³-hybridized carbons (Fsp3) is 0.444. The second-order valence-electron chi connectivity index (χ2n) is 6.73. The molecule has 2 heterocycles. The number of aryl methyl sites for hydroxylation is 1. The number of sulfone groups is 1. The first-order valence-corrected chi connectivity index (χ1v) is 10.5. The summed E-state index contributed by atoms with van der Waals surface area (Å²) in [5, 5.41) is 0. The number of nitrogen functional groups attached to an aromatic ring is 1. The number of anilines is 2. The lowest BCUT2D eigenvalue weighted by atomic mass is 10.0. The fourth-order valence-electron chi connectivity index (χ4n) is 3.38. The first kappa shape index (κ1) is 19.5. The van der Waals surface area contributed by atoms with Crippen molar-refractivity contribution in [1.82, 2.24) is 9.97 Å². The predicted molar refractivity (Wildman–Crippen MR) is 101 cm³/mol. The van der Waals surface area contributed by atoms with Gasteiger partial charge in [0.2, 0.25) is 5.95 Å². The molecular weight excluding hydrogens is 371 g/mol. The minimum absolute atomic E-state index is 0.00744. The molecule has 1 aliphatic rings. The molecule has 3 rings (SSSR count). The zero-order valence-corrected chi connectivity index (χ0v) is 16.4. The number of hydrogen-bond acceptors (Lipinski definition) is 7. The molecule has 1 saturated heterocycles. The number of halogens is 1. The van der Waals surface area contributed by atoms with E-state index in [4.69, 9.17) is 10.5 Å². The van der Waals surface area contributed by atoms with Crippen molar-refractivity contribution in [3.05, 3.63) is 40.8 Å². The Bertz CT molecular complexity index is 945. The summed E-state index contributed by atoms with van der Waals surface area (Å²) in [5.41, 5.74) is 6.98. The maximum absolute atomic E-state index is 15.2. The van der Waals surface area contributed by atoms with Crippen molar-refractivity contribution in [2.24, 2.45) is 0 Å². The first-order valence-electron chi connectivity index (χ1n) is 8.63. The molecule has 9 heteroatoms. The van der Waals surface area contributed by atoms with Crippen molar-refractivity contribution >= 4 is 21.6 Å². The topological polar surface area (TPSA) is 98.4 Å². The van der Waals surface area contributed by atoms with Crippen molar-refractivity contribution in [2.45, 2.75) is 31.2 Å². The average molecular weight is 394 g/mol.